The molecule has 0 N–H and O–H groups in total. The third-order valence-electron chi connectivity index (χ3n) is 11.0. The maximum atomic E-state index is 7.48. The Morgan fingerprint density at radius 3 is 1.35 bits per heavy atom. The molecule has 7 heteroatoms. The van der Waals surface area contributed by atoms with Gasteiger partial charge in [0.1, 0.15) is 0 Å². The van der Waals surface area contributed by atoms with Gasteiger partial charge in [-0.3, -0.25) is 0 Å². The van der Waals surface area contributed by atoms with Crippen LogP contribution in [0.5, 0.6) is 0 Å². The number of hydrogen-bond donors (Lipinski definition) is 0. The Bertz CT molecular complexity index is 1280. The van der Waals surface area contributed by atoms with Crippen LogP contribution in [0.1, 0.15) is 115 Å². The monoisotopic (exact) mass is 732 g/mol. The Morgan fingerprint density at radius 2 is 1.00 bits per heavy atom. The van der Waals surface area contributed by atoms with Gasteiger partial charge in [0.05, 0.1) is 0 Å². The van der Waals surface area contributed by atoms with Gasteiger partial charge in [0.25, 0.3) is 0 Å². The summed E-state index contributed by atoms with van der Waals surface area (Å²) in [4.78, 5) is 0. The zero-order valence-electron chi connectivity index (χ0n) is 28.1. The van der Waals surface area contributed by atoms with Crippen molar-refractivity contribution in [1.82, 2.24) is 0 Å². The van der Waals surface area contributed by atoms with Gasteiger partial charge in [-0.25, -0.2) is 0 Å². The molecule has 0 saturated carbocycles. The van der Waals surface area contributed by atoms with E-state index in [9.17, 15) is 0 Å². The fourth-order valence-electron chi connectivity index (χ4n) is 7.14. The quantitative estimate of drug-likeness (QED) is 0.305. The van der Waals surface area contributed by atoms with Gasteiger partial charge in [-0.2, -0.15) is 0 Å². The van der Waals surface area contributed by atoms with Gasteiger partial charge in [0.15, 0.2) is 0 Å². The molecular weight excluding hydrogens is 683 g/mol. The first-order valence-electron chi connectivity index (χ1n) is 16.0. The van der Waals surface area contributed by atoms with Crippen LogP contribution in [0.15, 0.2) is 55.1 Å². The smallest absolute Gasteiger partial charge is 1.00 e. The second kappa shape index (κ2) is 13.8. The number of rotatable bonds is 10. The third-order valence-corrected chi connectivity index (χ3v) is 23.8. The van der Waals surface area contributed by atoms with Gasteiger partial charge >= 0.3 is 266 Å². The summed E-state index contributed by atoms with van der Waals surface area (Å²) in [6.45, 7) is 24.3. The third kappa shape index (κ3) is 6.76. The van der Waals surface area contributed by atoms with Crippen molar-refractivity contribution in [3.05, 3.63) is 77.3 Å². The Balaban J connectivity index is 0.00000253. The molecule has 0 saturated heterocycles. The Morgan fingerprint density at radius 1 is 0.651 bits per heavy atom. The van der Waals surface area contributed by atoms with Gasteiger partial charge in [-0.15, -0.1) is 0 Å². The van der Waals surface area contributed by atoms with Crippen LogP contribution in [0.3, 0.4) is 0 Å². The van der Waals surface area contributed by atoms with Crippen molar-refractivity contribution >= 4 is 27.8 Å². The molecule has 2 nitrogen and oxygen atoms in total. The van der Waals surface area contributed by atoms with E-state index in [1.54, 1.807) is 17.7 Å². The predicted octanol–water partition coefficient (Wildman–Crippen LogP) is 5.41. The van der Waals surface area contributed by atoms with Crippen molar-refractivity contribution in [1.29, 1.82) is 0 Å². The van der Waals surface area contributed by atoms with Crippen molar-refractivity contribution in [2.24, 2.45) is 0 Å². The summed E-state index contributed by atoms with van der Waals surface area (Å²) in [5.74, 6) is 0. The summed E-state index contributed by atoms with van der Waals surface area (Å²) in [5.41, 5.74) is 9.03. The van der Waals surface area contributed by atoms with Crippen LogP contribution in [-0.2, 0) is 32.1 Å². The van der Waals surface area contributed by atoms with Gasteiger partial charge in [-0.05, 0) is 0 Å². The topological polar surface area (TPSA) is 18.5 Å². The molecule has 1 aliphatic heterocycles. The number of hydrogen-bond acceptors (Lipinski definition) is 2. The van der Waals surface area contributed by atoms with E-state index in [0.29, 0.717) is 0 Å². The summed E-state index contributed by atoms with van der Waals surface area (Å²) in [6.07, 6.45) is 7.36. The average Bonchev–Trinajstić information content (AvgIpc) is 3.24. The van der Waals surface area contributed by atoms with E-state index in [1.807, 2.05) is 0 Å². The molecular formula is C36H52Cl2O2Si2Zr. The number of allylic oxidation sites excluding steroid dienone is 2. The summed E-state index contributed by atoms with van der Waals surface area (Å²) in [7, 11) is -4.02. The van der Waals surface area contributed by atoms with Crippen molar-refractivity contribution in [2.45, 2.75) is 129 Å². The molecule has 1 heterocycles. The zero-order valence-corrected chi connectivity index (χ0v) is 34.1. The van der Waals surface area contributed by atoms with E-state index >= 15 is 0 Å². The summed E-state index contributed by atoms with van der Waals surface area (Å²) in [6, 6.07) is 18.4. The number of halogens is 2. The number of fused-ring (bicyclic) bond motifs is 4. The van der Waals surface area contributed by atoms with E-state index in [2.05, 4.69) is 116 Å². The predicted molar refractivity (Wildman–Crippen MR) is 176 cm³/mol. The van der Waals surface area contributed by atoms with Crippen LogP contribution in [-0.4, -0.2) is 16.6 Å². The van der Waals surface area contributed by atoms with E-state index in [-0.39, 0.29) is 47.1 Å². The number of benzene rings is 2. The van der Waals surface area contributed by atoms with Crippen LogP contribution in [0.25, 0.3) is 11.1 Å². The molecule has 2 aromatic rings. The van der Waals surface area contributed by atoms with Crippen molar-refractivity contribution in [3.8, 4) is 0 Å². The molecule has 0 spiro atoms. The normalized spacial score (nSPS) is 19.7. The van der Waals surface area contributed by atoms with Crippen molar-refractivity contribution < 1.29 is 56.9 Å². The second-order valence-corrected chi connectivity index (χ2v) is 27.4. The van der Waals surface area contributed by atoms with E-state index < -0.39 is 39.9 Å². The molecule has 0 amide bonds. The first-order chi connectivity index (χ1) is 19.2. The Labute approximate surface area is 288 Å². The maximum absolute atomic E-state index is 7.48. The van der Waals surface area contributed by atoms with Gasteiger partial charge in [-0.1, -0.05) is 0 Å². The molecule has 3 aliphatic rings. The van der Waals surface area contributed by atoms with E-state index in [0.717, 1.165) is 12.8 Å². The zero-order chi connectivity index (χ0) is 29.8. The molecule has 0 aromatic heterocycles. The van der Waals surface area contributed by atoms with Crippen LogP contribution >= 0.6 is 0 Å². The standard InChI is InChI=1S/C36H52O2Si2.2ClH.Zr/c1-11-23-35(3,4)39(7,8)37-33-25-27(29-17-13-15-19-31(29)33)21-22-28-26-34(32-20-16-14-18-30(28)32)38-40(9,10)36(5,6)24-12-2;;;/h13-20,33-34H,11-12,21-24H2,1-10H3;2*1H;/q;;;+2/p-2/t33-,34+;;;. The first-order valence-corrected chi connectivity index (χ1v) is 24.3. The molecule has 2 aliphatic carbocycles. The van der Waals surface area contributed by atoms with Crippen LogP contribution < -0.4 is 24.8 Å². The molecule has 0 bridgehead atoms. The Kier molecular flexibility index (Phi) is 12.0. The molecule has 43 heavy (non-hydrogen) atoms. The molecule has 0 fully saturated rings. The SMILES string of the molecule is CCCC(C)(C)[Si](C)(C)O[C@@H]1[C]2=C(CCC3=[C]([Zr+2]2)[C@H](O[Si](C)(C)C(C)(C)CCC)c2ccccc23)c2ccccc21.[Cl-].[Cl-]. The van der Waals surface area contributed by atoms with Crippen molar-refractivity contribution in [3.63, 3.8) is 0 Å². The van der Waals surface area contributed by atoms with Crippen LogP contribution in [0, 0.1) is 0 Å². The minimum absolute atomic E-state index is 0. The first kappa shape index (κ1) is 37.2. The largest absolute Gasteiger partial charge is 1.00 e. The molecule has 0 radical (unpaired) electrons. The maximum Gasteiger partial charge on any atom is -1.00 e. The van der Waals surface area contributed by atoms with Gasteiger partial charge in [0, 0.05) is 0 Å². The molecule has 5 rings (SSSR count). The second-order valence-electron chi connectivity index (χ2n) is 14.9. The molecule has 234 valence electrons. The fraction of sp³-hybridized carbons (Fsp3) is 0.556. The van der Waals surface area contributed by atoms with E-state index in [1.165, 1.54) is 47.9 Å². The van der Waals surface area contributed by atoms with Crippen LogP contribution in [0.4, 0.5) is 0 Å². The average molecular weight is 735 g/mol. The molecule has 2 aromatic carbocycles. The minimum atomic E-state index is -2.01. The van der Waals surface area contributed by atoms with Crippen molar-refractivity contribution in [2.75, 3.05) is 0 Å². The molecule has 2 atom stereocenters. The Hall–Kier alpha value is -0.263. The summed E-state index contributed by atoms with van der Waals surface area (Å²) in [5, 5.41) is 0.464. The molecule has 0 unspecified atom stereocenters. The van der Waals surface area contributed by atoms with Crippen LogP contribution in [0.2, 0.25) is 36.3 Å². The van der Waals surface area contributed by atoms with Gasteiger partial charge < -0.3 is 24.8 Å². The minimum Gasteiger partial charge on any atom is -1.00 e. The van der Waals surface area contributed by atoms with Gasteiger partial charge in [0.2, 0.25) is 0 Å². The summed E-state index contributed by atoms with van der Waals surface area (Å²) >= 11 is -1.18. The summed E-state index contributed by atoms with van der Waals surface area (Å²) < 4.78 is 18.3. The van der Waals surface area contributed by atoms with E-state index in [4.69, 9.17) is 8.85 Å². The fourth-order valence-corrected chi connectivity index (χ4v) is 16.2.